The van der Waals surface area contributed by atoms with Gasteiger partial charge in [0.15, 0.2) is 17.5 Å². The van der Waals surface area contributed by atoms with Crippen molar-refractivity contribution in [3.05, 3.63) is 17.7 Å². The quantitative estimate of drug-likeness (QED) is 0.431. The third kappa shape index (κ3) is 5.22. The third-order valence-electron chi connectivity index (χ3n) is 3.06. The standard InChI is InChI=1S/C15H25N3O3S/c1-16-15(17-6-7-22-5)18-10-11-8-13(20-3)14(21-4)9-12(11)19-2/h8-9H,6-7,10H2,1-5H3,(H2,16,17,18). The minimum atomic E-state index is 0.572. The van der Waals surface area contributed by atoms with Crippen molar-refractivity contribution in [1.82, 2.24) is 10.6 Å². The second-order valence-electron chi connectivity index (χ2n) is 4.36. The molecule has 0 unspecified atom stereocenters. The highest BCUT2D eigenvalue weighted by Gasteiger charge is 2.12. The second-order valence-corrected chi connectivity index (χ2v) is 5.35. The Morgan fingerprint density at radius 3 is 2.23 bits per heavy atom. The van der Waals surface area contributed by atoms with E-state index in [0.29, 0.717) is 18.0 Å². The van der Waals surface area contributed by atoms with Crippen LogP contribution in [0.1, 0.15) is 5.56 Å². The molecule has 0 radical (unpaired) electrons. The van der Waals surface area contributed by atoms with Crippen molar-refractivity contribution < 1.29 is 14.2 Å². The zero-order valence-corrected chi connectivity index (χ0v) is 14.7. The van der Waals surface area contributed by atoms with Crippen LogP contribution in [-0.2, 0) is 6.54 Å². The molecule has 0 aliphatic heterocycles. The van der Waals surface area contributed by atoms with Crippen molar-refractivity contribution in [2.75, 3.05) is 46.9 Å². The van der Waals surface area contributed by atoms with Gasteiger partial charge in [-0.05, 0) is 12.3 Å². The van der Waals surface area contributed by atoms with Gasteiger partial charge in [-0.25, -0.2) is 0 Å². The first-order valence-corrected chi connectivity index (χ1v) is 8.31. The first-order chi connectivity index (χ1) is 10.7. The van der Waals surface area contributed by atoms with E-state index in [0.717, 1.165) is 29.6 Å². The summed E-state index contributed by atoms with van der Waals surface area (Å²) in [6.07, 6.45) is 2.08. The summed E-state index contributed by atoms with van der Waals surface area (Å²) in [6.45, 7) is 1.44. The van der Waals surface area contributed by atoms with Crippen LogP contribution in [0.3, 0.4) is 0 Å². The van der Waals surface area contributed by atoms with E-state index >= 15 is 0 Å². The molecule has 0 aromatic heterocycles. The molecule has 0 atom stereocenters. The van der Waals surface area contributed by atoms with Gasteiger partial charge < -0.3 is 24.8 Å². The van der Waals surface area contributed by atoms with Gasteiger partial charge in [0.2, 0.25) is 0 Å². The van der Waals surface area contributed by atoms with Crippen LogP contribution in [-0.4, -0.2) is 52.9 Å². The lowest BCUT2D eigenvalue weighted by molar-refractivity contribution is 0.347. The summed E-state index contributed by atoms with van der Waals surface area (Å²) in [7, 11) is 6.60. The summed E-state index contributed by atoms with van der Waals surface area (Å²) in [5.74, 6) is 3.84. The normalized spacial score (nSPS) is 11.0. The van der Waals surface area contributed by atoms with Crippen LogP contribution in [0.25, 0.3) is 0 Å². The highest BCUT2D eigenvalue weighted by atomic mass is 32.2. The van der Waals surface area contributed by atoms with Crippen molar-refractivity contribution in [3.8, 4) is 17.2 Å². The van der Waals surface area contributed by atoms with Gasteiger partial charge >= 0.3 is 0 Å². The van der Waals surface area contributed by atoms with Crippen LogP contribution >= 0.6 is 11.8 Å². The maximum absolute atomic E-state index is 5.41. The molecule has 0 saturated heterocycles. The average molecular weight is 327 g/mol. The fraction of sp³-hybridized carbons (Fsp3) is 0.533. The molecule has 1 aromatic rings. The summed E-state index contributed by atoms with van der Waals surface area (Å²) >= 11 is 1.79. The van der Waals surface area contributed by atoms with Crippen LogP contribution < -0.4 is 24.8 Å². The van der Waals surface area contributed by atoms with Crippen LogP contribution in [0, 0.1) is 0 Å². The molecule has 22 heavy (non-hydrogen) atoms. The van der Waals surface area contributed by atoms with Crippen molar-refractivity contribution >= 4 is 17.7 Å². The Balaban J connectivity index is 2.79. The van der Waals surface area contributed by atoms with E-state index in [4.69, 9.17) is 14.2 Å². The Morgan fingerprint density at radius 2 is 1.68 bits per heavy atom. The van der Waals surface area contributed by atoms with Crippen molar-refractivity contribution in [1.29, 1.82) is 0 Å². The molecule has 6 nitrogen and oxygen atoms in total. The monoisotopic (exact) mass is 327 g/mol. The van der Waals surface area contributed by atoms with E-state index in [1.54, 1.807) is 40.1 Å². The largest absolute Gasteiger partial charge is 0.496 e. The zero-order chi connectivity index (χ0) is 16.4. The van der Waals surface area contributed by atoms with Crippen LogP contribution in [0.15, 0.2) is 17.1 Å². The minimum absolute atomic E-state index is 0.572. The highest BCUT2D eigenvalue weighted by molar-refractivity contribution is 7.98. The first kappa shape index (κ1) is 18.3. The van der Waals surface area contributed by atoms with Gasteiger partial charge in [-0.3, -0.25) is 4.99 Å². The van der Waals surface area contributed by atoms with E-state index in [-0.39, 0.29) is 0 Å². The van der Waals surface area contributed by atoms with E-state index in [1.807, 2.05) is 12.1 Å². The molecule has 124 valence electrons. The Bertz CT molecular complexity index is 495. The molecule has 1 aromatic carbocycles. The topological polar surface area (TPSA) is 64.1 Å². The number of ether oxygens (including phenoxy) is 3. The van der Waals surface area contributed by atoms with Gasteiger partial charge in [-0.15, -0.1) is 0 Å². The minimum Gasteiger partial charge on any atom is -0.496 e. The Labute approximate surface area is 136 Å². The summed E-state index contributed by atoms with van der Waals surface area (Å²) in [4.78, 5) is 4.20. The average Bonchev–Trinajstić information content (AvgIpc) is 2.57. The summed E-state index contributed by atoms with van der Waals surface area (Å²) in [5, 5.41) is 6.51. The maximum atomic E-state index is 5.41. The van der Waals surface area contributed by atoms with Crippen LogP contribution in [0.4, 0.5) is 0 Å². The number of benzene rings is 1. The SMILES string of the molecule is CN=C(NCCSC)NCc1cc(OC)c(OC)cc1OC. The van der Waals surface area contributed by atoms with Gasteiger partial charge in [-0.1, -0.05) is 0 Å². The maximum Gasteiger partial charge on any atom is 0.191 e. The molecular weight excluding hydrogens is 302 g/mol. The van der Waals surface area contributed by atoms with Crippen molar-refractivity contribution in [2.45, 2.75) is 6.54 Å². The highest BCUT2D eigenvalue weighted by Crippen LogP contribution is 2.34. The molecule has 0 heterocycles. The molecule has 0 aliphatic carbocycles. The number of guanidine groups is 1. The van der Waals surface area contributed by atoms with E-state index in [1.165, 1.54) is 0 Å². The number of hydrogen-bond acceptors (Lipinski definition) is 5. The Kier molecular flexibility index (Phi) is 8.35. The first-order valence-electron chi connectivity index (χ1n) is 6.92. The summed E-state index contributed by atoms with van der Waals surface area (Å²) in [5.41, 5.74) is 0.966. The van der Waals surface area contributed by atoms with Gasteiger partial charge in [0.05, 0.1) is 21.3 Å². The number of thioether (sulfide) groups is 1. The number of methoxy groups -OCH3 is 3. The smallest absolute Gasteiger partial charge is 0.191 e. The predicted octanol–water partition coefficient (Wildman–Crippen LogP) is 1.74. The number of aliphatic imine (C=N–C) groups is 1. The lowest BCUT2D eigenvalue weighted by Crippen LogP contribution is -2.38. The molecule has 0 saturated carbocycles. The van der Waals surface area contributed by atoms with E-state index < -0.39 is 0 Å². The van der Waals surface area contributed by atoms with Crippen molar-refractivity contribution in [3.63, 3.8) is 0 Å². The Hall–Kier alpha value is -1.76. The van der Waals surface area contributed by atoms with Gasteiger partial charge in [0, 0.05) is 37.5 Å². The van der Waals surface area contributed by atoms with Gasteiger partial charge in [0.25, 0.3) is 0 Å². The summed E-state index contributed by atoms with van der Waals surface area (Å²) < 4.78 is 16.0. The number of hydrogen-bond donors (Lipinski definition) is 2. The molecule has 0 spiro atoms. The molecule has 7 heteroatoms. The molecule has 1 rings (SSSR count). The molecule has 0 amide bonds. The van der Waals surface area contributed by atoms with E-state index in [2.05, 4.69) is 21.9 Å². The lowest BCUT2D eigenvalue weighted by atomic mass is 10.1. The zero-order valence-electron chi connectivity index (χ0n) is 13.9. The molecule has 0 fully saturated rings. The Morgan fingerprint density at radius 1 is 1.05 bits per heavy atom. The fourth-order valence-electron chi connectivity index (χ4n) is 1.90. The molecule has 0 aliphatic rings. The van der Waals surface area contributed by atoms with Crippen molar-refractivity contribution in [2.24, 2.45) is 4.99 Å². The summed E-state index contributed by atoms with van der Waals surface area (Å²) in [6, 6.07) is 3.72. The van der Waals surface area contributed by atoms with Gasteiger partial charge in [0.1, 0.15) is 5.75 Å². The molecule has 0 bridgehead atoms. The fourth-order valence-corrected chi connectivity index (χ4v) is 2.21. The predicted molar refractivity (Wildman–Crippen MR) is 92.7 cm³/mol. The second kappa shape index (κ2) is 10.0. The molecular formula is C15H25N3O3S. The number of rotatable bonds is 8. The third-order valence-corrected chi connectivity index (χ3v) is 3.67. The van der Waals surface area contributed by atoms with Crippen LogP contribution in [0.2, 0.25) is 0 Å². The lowest BCUT2D eigenvalue weighted by Gasteiger charge is -2.16. The van der Waals surface area contributed by atoms with Gasteiger partial charge in [-0.2, -0.15) is 11.8 Å². The number of nitrogens with zero attached hydrogens (tertiary/aromatic N) is 1. The van der Waals surface area contributed by atoms with E-state index in [9.17, 15) is 0 Å². The van der Waals surface area contributed by atoms with Crippen LogP contribution in [0.5, 0.6) is 17.2 Å². The number of nitrogens with one attached hydrogen (secondary N) is 2. The molecule has 2 N–H and O–H groups in total.